The molecule has 0 aliphatic carbocycles. The summed E-state index contributed by atoms with van der Waals surface area (Å²) >= 11 is 0. The number of rotatable bonds is 4. The summed E-state index contributed by atoms with van der Waals surface area (Å²) in [6.07, 6.45) is 2.61. The van der Waals surface area contributed by atoms with Crippen molar-refractivity contribution in [2.75, 3.05) is 24.7 Å². The molecule has 0 aromatic heterocycles. The van der Waals surface area contributed by atoms with Crippen LogP contribution in [0.5, 0.6) is 5.75 Å². The molecule has 26 heavy (non-hydrogen) atoms. The highest BCUT2D eigenvalue weighted by Crippen LogP contribution is 2.55. The van der Waals surface area contributed by atoms with E-state index >= 15 is 0 Å². The van der Waals surface area contributed by atoms with Crippen LogP contribution in [0.15, 0.2) is 36.4 Å². The number of hydrogen-bond donors (Lipinski definition) is 0. The van der Waals surface area contributed by atoms with Gasteiger partial charge >= 0.3 is 0 Å². The lowest BCUT2D eigenvalue weighted by atomic mass is 9.76. The fourth-order valence-electron chi connectivity index (χ4n) is 4.44. The van der Waals surface area contributed by atoms with Crippen molar-refractivity contribution in [3.8, 4) is 5.75 Å². The number of hydrogen-bond acceptors (Lipinski definition) is 6. The molecule has 0 unspecified atom stereocenters. The van der Waals surface area contributed by atoms with Gasteiger partial charge < -0.3 is 18.9 Å². The number of carbonyl (C=O) groups is 2. The summed E-state index contributed by atoms with van der Waals surface area (Å²) in [5.41, 5.74) is -0.473. The van der Waals surface area contributed by atoms with Crippen LogP contribution in [0.3, 0.4) is 0 Å². The molecule has 4 heterocycles. The number of imide groups is 1. The zero-order valence-corrected chi connectivity index (χ0v) is 14.3. The topological polar surface area (TPSA) is 74.3 Å². The molecule has 4 atom stereocenters. The highest BCUT2D eigenvalue weighted by atomic mass is 16.7. The smallest absolute Gasteiger partial charge is 0.241 e. The number of nitrogens with zero attached hydrogens (tertiary/aromatic N) is 1. The summed E-state index contributed by atoms with van der Waals surface area (Å²) in [5, 5.41) is 0. The monoisotopic (exact) mass is 357 g/mol. The lowest BCUT2D eigenvalue weighted by Crippen LogP contribution is -2.49. The summed E-state index contributed by atoms with van der Waals surface area (Å²) in [6, 6.07) is 6.98. The van der Waals surface area contributed by atoms with E-state index < -0.39 is 29.8 Å². The van der Waals surface area contributed by atoms with E-state index in [2.05, 4.69) is 0 Å². The molecule has 4 aliphatic rings. The van der Waals surface area contributed by atoms with Crippen molar-refractivity contribution in [3.63, 3.8) is 0 Å². The van der Waals surface area contributed by atoms with Crippen LogP contribution in [0.4, 0.5) is 5.69 Å². The lowest BCUT2D eigenvalue weighted by Gasteiger charge is -2.32. The Hall–Kier alpha value is -2.22. The summed E-state index contributed by atoms with van der Waals surface area (Å²) < 4.78 is 22.7. The van der Waals surface area contributed by atoms with E-state index in [-0.39, 0.29) is 11.8 Å². The molecule has 2 amide bonds. The predicted molar refractivity (Wildman–Crippen MR) is 89.5 cm³/mol. The molecule has 0 spiro atoms. The van der Waals surface area contributed by atoms with Crippen LogP contribution in [0.25, 0.3) is 0 Å². The van der Waals surface area contributed by atoms with Gasteiger partial charge in [0.05, 0.1) is 43.4 Å². The Labute approximate surface area is 150 Å². The van der Waals surface area contributed by atoms with Gasteiger partial charge in [0, 0.05) is 0 Å². The van der Waals surface area contributed by atoms with Gasteiger partial charge in [-0.15, -0.1) is 0 Å². The highest BCUT2D eigenvalue weighted by Gasteiger charge is 2.71. The van der Waals surface area contributed by atoms with Crippen LogP contribution < -0.4 is 9.64 Å². The van der Waals surface area contributed by atoms with Gasteiger partial charge in [0.25, 0.3) is 0 Å². The minimum Gasteiger partial charge on any atom is -0.494 e. The van der Waals surface area contributed by atoms with Gasteiger partial charge in [0.15, 0.2) is 11.9 Å². The molecule has 4 aliphatic heterocycles. The SMILES string of the molecule is CCOc1ccc(N2C(=O)[C@@H]3[C@@H](C2=O)[C@@]2(C4OCCO4)C=C[C@H]3O2)cc1. The van der Waals surface area contributed by atoms with Crippen LogP contribution in [-0.2, 0) is 23.8 Å². The van der Waals surface area contributed by atoms with Crippen LogP contribution in [-0.4, -0.2) is 49.6 Å². The number of fused-ring (bicyclic) bond motifs is 5. The van der Waals surface area contributed by atoms with Gasteiger partial charge in [-0.2, -0.15) is 0 Å². The maximum Gasteiger partial charge on any atom is 0.241 e. The van der Waals surface area contributed by atoms with Gasteiger partial charge in [-0.25, -0.2) is 4.90 Å². The van der Waals surface area contributed by atoms with Gasteiger partial charge in [-0.3, -0.25) is 9.59 Å². The second-order valence-electron chi connectivity index (χ2n) is 6.81. The second kappa shape index (κ2) is 5.64. The molecule has 3 saturated heterocycles. The quantitative estimate of drug-likeness (QED) is 0.597. The molecule has 136 valence electrons. The first kappa shape index (κ1) is 16.0. The van der Waals surface area contributed by atoms with E-state index in [1.165, 1.54) is 4.90 Å². The molecular weight excluding hydrogens is 338 g/mol. The second-order valence-corrected chi connectivity index (χ2v) is 6.81. The molecule has 0 N–H and O–H groups in total. The lowest BCUT2D eigenvalue weighted by molar-refractivity contribution is -0.180. The zero-order chi connectivity index (χ0) is 17.9. The maximum absolute atomic E-state index is 13.2. The first-order valence-corrected chi connectivity index (χ1v) is 8.87. The fourth-order valence-corrected chi connectivity index (χ4v) is 4.44. The number of amides is 2. The van der Waals surface area contributed by atoms with Gasteiger partial charge in [-0.05, 0) is 37.3 Å². The molecule has 5 rings (SSSR count). The first-order chi connectivity index (χ1) is 12.7. The van der Waals surface area contributed by atoms with E-state index in [0.717, 1.165) is 0 Å². The molecule has 3 fully saturated rings. The predicted octanol–water partition coefficient (Wildman–Crippen LogP) is 1.27. The fraction of sp³-hybridized carbons (Fsp3) is 0.474. The van der Waals surface area contributed by atoms with Crippen molar-refractivity contribution in [1.29, 1.82) is 0 Å². The third kappa shape index (κ3) is 1.99. The number of benzene rings is 1. The minimum absolute atomic E-state index is 0.238. The largest absolute Gasteiger partial charge is 0.494 e. The molecule has 0 saturated carbocycles. The number of carbonyl (C=O) groups excluding carboxylic acids is 2. The molecule has 1 aromatic carbocycles. The van der Waals surface area contributed by atoms with Crippen LogP contribution in [0, 0.1) is 11.8 Å². The Morgan fingerprint density at radius 3 is 2.58 bits per heavy atom. The van der Waals surface area contributed by atoms with Crippen molar-refractivity contribution < 1.29 is 28.5 Å². The first-order valence-electron chi connectivity index (χ1n) is 8.87. The van der Waals surface area contributed by atoms with E-state index in [0.29, 0.717) is 31.3 Å². The Kier molecular flexibility index (Phi) is 3.47. The third-order valence-corrected chi connectivity index (χ3v) is 5.47. The Bertz CT molecular complexity index is 784. The maximum atomic E-state index is 13.2. The van der Waals surface area contributed by atoms with E-state index in [4.69, 9.17) is 18.9 Å². The summed E-state index contributed by atoms with van der Waals surface area (Å²) in [5.74, 6) is -0.968. The summed E-state index contributed by atoms with van der Waals surface area (Å²) in [6.45, 7) is 3.37. The normalized spacial score (nSPS) is 35.6. The number of ether oxygens (including phenoxy) is 4. The van der Waals surface area contributed by atoms with Crippen molar-refractivity contribution in [3.05, 3.63) is 36.4 Å². The average Bonchev–Trinajstić information content (AvgIpc) is 3.40. The Morgan fingerprint density at radius 2 is 1.88 bits per heavy atom. The van der Waals surface area contributed by atoms with E-state index in [9.17, 15) is 9.59 Å². The minimum atomic E-state index is -1.02. The summed E-state index contributed by atoms with van der Waals surface area (Å²) in [4.78, 5) is 27.5. The molecule has 1 aromatic rings. The molecule has 7 nitrogen and oxygen atoms in total. The van der Waals surface area contributed by atoms with Crippen molar-refractivity contribution in [1.82, 2.24) is 0 Å². The summed E-state index contributed by atoms with van der Waals surface area (Å²) in [7, 11) is 0. The zero-order valence-electron chi connectivity index (χ0n) is 14.3. The Balaban J connectivity index is 1.49. The molecule has 2 bridgehead atoms. The Morgan fingerprint density at radius 1 is 1.15 bits per heavy atom. The van der Waals surface area contributed by atoms with Crippen LogP contribution in [0.2, 0.25) is 0 Å². The van der Waals surface area contributed by atoms with Crippen LogP contribution >= 0.6 is 0 Å². The third-order valence-electron chi connectivity index (χ3n) is 5.47. The van der Waals surface area contributed by atoms with Gasteiger partial charge in [0.1, 0.15) is 5.75 Å². The average molecular weight is 357 g/mol. The van der Waals surface area contributed by atoms with Gasteiger partial charge in [-0.1, -0.05) is 6.08 Å². The molecule has 0 radical (unpaired) electrons. The van der Waals surface area contributed by atoms with Crippen LogP contribution in [0.1, 0.15) is 6.92 Å². The highest BCUT2D eigenvalue weighted by molar-refractivity contribution is 6.23. The van der Waals surface area contributed by atoms with Gasteiger partial charge in [0.2, 0.25) is 11.8 Å². The van der Waals surface area contributed by atoms with Crippen molar-refractivity contribution in [2.45, 2.75) is 24.9 Å². The molecule has 7 heteroatoms. The number of anilines is 1. The van der Waals surface area contributed by atoms with Crippen molar-refractivity contribution in [2.24, 2.45) is 11.8 Å². The van der Waals surface area contributed by atoms with Crippen molar-refractivity contribution >= 4 is 17.5 Å². The molecular formula is C19H19NO6. The van der Waals surface area contributed by atoms with E-state index in [1.807, 2.05) is 19.1 Å². The van der Waals surface area contributed by atoms with E-state index in [1.54, 1.807) is 24.3 Å². The standard InChI is InChI=1S/C19H19NO6/c1-2-23-12-5-3-11(4-6-12)20-16(21)14-13-7-8-19(26-13,15(14)17(20)22)18-24-9-10-25-18/h3-8,13-15,18H,2,9-10H2,1H3/t13-,14+,15+,19-/m1/s1.